The molecule has 3 aromatic carbocycles. The monoisotopic (exact) mass is 512 g/mol. The highest BCUT2D eigenvalue weighted by atomic mass is 16.5. The Hall–Kier alpha value is -4.24. The van der Waals surface area contributed by atoms with Gasteiger partial charge in [0.05, 0.1) is 46.7 Å². The molecular formula is C30H32N4O4. The zero-order valence-corrected chi connectivity index (χ0v) is 22.1. The van der Waals surface area contributed by atoms with Gasteiger partial charge in [0.2, 0.25) is 0 Å². The summed E-state index contributed by atoms with van der Waals surface area (Å²) < 4.78 is 22.5. The molecule has 0 bridgehead atoms. The van der Waals surface area contributed by atoms with E-state index in [9.17, 15) is 10.5 Å². The molecule has 0 aromatic heterocycles. The highest BCUT2D eigenvalue weighted by Gasteiger charge is 2.42. The third-order valence-electron chi connectivity index (χ3n) is 6.95. The molecule has 1 aliphatic heterocycles. The normalized spacial score (nSPS) is 16.1. The molecule has 0 aliphatic carbocycles. The van der Waals surface area contributed by atoms with Crippen molar-refractivity contribution in [2.24, 2.45) is 0 Å². The fourth-order valence-electron chi connectivity index (χ4n) is 5.23. The van der Waals surface area contributed by atoms with E-state index in [1.165, 1.54) is 0 Å². The maximum absolute atomic E-state index is 10.5. The first-order valence-electron chi connectivity index (χ1n) is 12.4. The number of hydrogen-bond donors (Lipinski definition) is 0. The summed E-state index contributed by atoms with van der Waals surface area (Å²) in [5.41, 5.74) is 2.36. The van der Waals surface area contributed by atoms with E-state index in [4.69, 9.17) is 18.9 Å². The molecule has 0 unspecified atom stereocenters. The molecule has 0 N–H and O–H groups in total. The van der Waals surface area contributed by atoms with E-state index < -0.39 is 18.2 Å². The van der Waals surface area contributed by atoms with Crippen molar-refractivity contribution in [1.29, 1.82) is 10.5 Å². The van der Waals surface area contributed by atoms with Gasteiger partial charge in [-0.1, -0.05) is 36.4 Å². The van der Waals surface area contributed by atoms with Crippen LogP contribution in [-0.2, 0) is 0 Å². The summed E-state index contributed by atoms with van der Waals surface area (Å²) in [7, 11) is 6.43. The molecule has 1 saturated heterocycles. The molecule has 3 aromatic rings. The van der Waals surface area contributed by atoms with E-state index in [-0.39, 0.29) is 0 Å². The first kappa shape index (κ1) is 26.8. The Balaban J connectivity index is 1.91. The van der Waals surface area contributed by atoms with Gasteiger partial charge < -0.3 is 18.9 Å². The minimum absolute atomic E-state index is 0.464. The van der Waals surface area contributed by atoms with Crippen LogP contribution in [0.1, 0.15) is 41.4 Å². The fourth-order valence-corrected chi connectivity index (χ4v) is 5.23. The molecule has 2 atom stereocenters. The average molecular weight is 513 g/mol. The van der Waals surface area contributed by atoms with E-state index in [2.05, 4.69) is 21.9 Å². The molecule has 0 saturated carbocycles. The van der Waals surface area contributed by atoms with Gasteiger partial charge in [0.15, 0.2) is 0 Å². The molecule has 8 nitrogen and oxygen atoms in total. The van der Waals surface area contributed by atoms with Crippen LogP contribution in [0.4, 0.5) is 0 Å². The summed E-state index contributed by atoms with van der Waals surface area (Å²) in [6, 6.07) is 24.5. The third-order valence-corrected chi connectivity index (χ3v) is 6.95. The zero-order valence-electron chi connectivity index (χ0n) is 22.1. The minimum Gasteiger partial charge on any atom is -0.497 e. The van der Waals surface area contributed by atoms with Crippen molar-refractivity contribution in [3.8, 4) is 35.1 Å². The third kappa shape index (κ3) is 5.10. The number of hydrogen-bond acceptors (Lipinski definition) is 8. The van der Waals surface area contributed by atoms with Crippen LogP contribution in [0.5, 0.6) is 23.0 Å². The Bertz CT molecular complexity index is 1260. The summed E-state index contributed by atoms with van der Waals surface area (Å²) in [5.74, 6) is 2.54. The zero-order chi connectivity index (χ0) is 27.1. The predicted molar refractivity (Wildman–Crippen MR) is 143 cm³/mol. The molecule has 0 spiro atoms. The van der Waals surface area contributed by atoms with Gasteiger partial charge in [0, 0.05) is 35.8 Å². The highest BCUT2D eigenvalue weighted by Crippen LogP contribution is 2.46. The summed E-state index contributed by atoms with van der Waals surface area (Å²) in [6.07, 6.45) is 0.295. The van der Waals surface area contributed by atoms with Crippen molar-refractivity contribution in [1.82, 2.24) is 9.80 Å². The summed E-state index contributed by atoms with van der Waals surface area (Å²) in [4.78, 5) is 4.23. The van der Waals surface area contributed by atoms with E-state index in [0.717, 1.165) is 23.1 Å². The Labute approximate surface area is 224 Å². The second-order valence-electron chi connectivity index (χ2n) is 8.86. The van der Waals surface area contributed by atoms with Gasteiger partial charge in [-0.15, -0.1) is 0 Å². The van der Waals surface area contributed by atoms with Crippen molar-refractivity contribution in [2.45, 2.75) is 24.7 Å². The second-order valence-corrected chi connectivity index (χ2v) is 8.86. The Morgan fingerprint density at radius 1 is 0.684 bits per heavy atom. The van der Waals surface area contributed by atoms with Crippen LogP contribution in [0.2, 0.25) is 0 Å². The van der Waals surface area contributed by atoms with Gasteiger partial charge in [-0.05, 0) is 30.7 Å². The van der Waals surface area contributed by atoms with Crippen LogP contribution in [0, 0.1) is 22.7 Å². The molecule has 4 rings (SSSR count). The van der Waals surface area contributed by atoms with E-state index in [1.807, 2.05) is 66.7 Å². The van der Waals surface area contributed by atoms with Crippen LogP contribution in [-0.4, -0.2) is 51.3 Å². The molecule has 0 amide bonds. The quantitative estimate of drug-likeness (QED) is 0.384. The van der Waals surface area contributed by atoms with Gasteiger partial charge in [-0.2, -0.15) is 10.5 Å². The van der Waals surface area contributed by atoms with Crippen molar-refractivity contribution in [3.05, 3.63) is 83.4 Å². The number of nitriles is 2. The standard InChI is InChI=1S/C30H32N4O4/c1-35-21-14-15-24(29(18-21)38-4)30-33(25(19-31)22-10-5-7-12-27(22)36-2)16-9-17-34(30)26(20-32)23-11-6-8-13-28(23)37-3/h5-8,10-15,18,25-26,30H,9,16-17H2,1-4H3/t25-,26-/m0/s1. The topological polar surface area (TPSA) is 91.0 Å². The lowest BCUT2D eigenvalue weighted by atomic mass is 9.95. The molecule has 38 heavy (non-hydrogen) atoms. The smallest absolute Gasteiger partial charge is 0.128 e. The van der Waals surface area contributed by atoms with Crippen molar-refractivity contribution < 1.29 is 18.9 Å². The van der Waals surface area contributed by atoms with Crippen LogP contribution in [0.25, 0.3) is 0 Å². The first-order chi connectivity index (χ1) is 18.6. The molecule has 196 valence electrons. The predicted octanol–water partition coefficient (Wildman–Crippen LogP) is 5.26. The summed E-state index contributed by atoms with van der Waals surface area (Å²) in [6.45, 7) is 1.27. The Morgan fingerprint density at radius 2 is 1.18 bits per heavy atom. The largest absolute Gasteiger partial charge is 0.497 e. The van der Waals surface area contributed by atoms with Gasteiger partial charge in [0.25, 0.3) is 0 Å². The number of methoxy groups -OCH3 is 4. The maximum Gasteiger partial charge on any atom is 0.128 e. The Morgan fingerprint density at radius 3 is 1.63 bits per heavy atom. The number of para-hydroxylation sites is 2. The highest BCUT2D eigenvalue weighted by molar-refractivity contribution is 5.45. The molecule has 1 heterocycles. The lowest BCUT2D eigenvalue weighted by molar-refractivity contribution is -0.0305. The van der Waals surface area contributed by atoms with Crippen LogP contribution < -0.4 is 18.9 Å². The second kappa shape index (κ2) is 12.3. The van der Waals surface area contributed by atoms with Crippen LogP contribution in [0.3, 0.4) is 0 Å². The summed E-state index contributed by atoms with van der Waals surface area (Å²) >= 11 is 0. The number of ether oxygens (including phenoxy) is 4. The number of rotatable bonds is 9. The Kier molecular flexibility index (Phi) is 8.70. The van der Waals surface area contributed by atoms with E-state index >= 15 is 0 Å². The van der Waals surface area contributed by atoms with E-state index in [0.29, 0.717) is 36.1 Å². The van der Waals surface area contributed by atoms with Crippen LogP contribution >= 0.6 is 0 Å². The van der Waals surface area contributed by atoms with Crippen molar-refractivity contribution in [3.63, 3.8) is 0 Å². The van der Waals surface area contributed by atoms with Gasteiger partial charge in [-0.25, -0.2) is 0 Å². The lowest BCUT2D eigenvalue weighted by Gasteiger charge is -2.48. The molecule has 0 radical (unpaired) electrons. The van der Waals surface area contributed by atoms with Crippen LogP contribution in [0.15, 0.2) is 66.7 Å². The first-order valence-corrected chi connectivity index (χ1v) is 12.4. The SMILES string of the molecule is COc1ccc(C2N([C@@H](C#N)c3ccccc3OC)CCCN2[C@@H](C#N)c2ccccc2OC)c(OC)c1. The van der Waals surface area contributed by atoms with Gasteiger partial charge in [-0.3, -0.25) is 9.80 Å². The van der Waals surface area contributed by atoms with Gasteiger partial charge in [0.1, 0.15) is 35.1 Å². The molecule has 1 aliphatic rings. The minimum atomic E-state index is -0.636. The molecule has 8 heteroatoms. The average Bonchev–Trinajstić information content (AvgIpc) is 2.98. The summed E-state index contributed by atoms with van der Waals surface area (Å²) in [5, 5.41) is 21.0. The maximum atomic E-state index is 10.5. The van der Waals surface area contributed by atoms with Crippen molar-refractivity contribution >= 4 is 0 Å². The molecular weight excluding hydrogens is 480 g/mol. The number of benzene rings is 3. The molecule has 1 fully saturated rings. The fraction of sp³-hybridized carbons (Fsp3) is 0.333. The van der Waals surface area contributed by atoms with Crippen molar-refractivity contribution in [2.75, 3.05) is 41.5 Å². The number of nitrogens with zero attached hydrogens (tertiary/aromatic N) is 4. The van der Waals surface area contributed by atoms with E-state index in [1.54, 1.807) is 28.4 Å². The van der Waals surface area contributed by atoms with Gasteiger partial charge >= 0.3 is 0 Å². The lowest BCUT2D eigenvalue weighted by Crippen LogP contribution is -2.50.